The number of halogens is 1. The summed E-state index contributed by atoms with van der Waals surface area (Å²) in [7, 11) is -3.41. The Kier molecular flexibility index (Phi) is 5.63. The van der Waals surface area contributed by atoms with Crippen LogP contribution in [0.2, 0.25) is 0 Å². The number of rotatable bonds is 5. The van der Waals surface area contributed by atoms with Crippen LogP contribution in [0.3, 0.4) is 0 Å². The molecule has 0 aromatic heterocycles. The summed E-state index contributed by atoms with van der Waals surface area (Å²) in [5.41, 5.74) is 1.80. The SMILES string of the molecule is O=S(=O)(/C=C/c1ccccc1)N1CC[NH+](Cc2cccc(F)c2)CC1. The third-order valence-corrected chi connectivity index (χ3v) is 5.93. The van der Waals surface area contributed by atoms with Gasteiger partial charge in [0.1, 0.15) is 12.4 Å². The van der Waals surface area contributed by atoms with E-state index < -0.39 is 10.0 Å². The van der Waals surface area contributed by atoms with Gasteiger partial charge in [-0.1, -0.05) is 42.5 Å². The molecule has 2 aromatic carbocycles. The van der Waals surface area contributed by atoms with Crippen LogP contribution < -0.4 is 4.90 Å². The van der Waals surface area contributed by atoms with Gasteiger partial charge in [-0.15, -0.1) is 0 Å². The maximum absolute atomic E-state index is 13.3. The van der Waals surface area contributed by atoms with Crippen LogP contribution in [0.15, 0.2) is 60.0 Å². The zero-order valence-electron chi connectivity index (χ0n) is 13.9. The number of quaternary nitrogens is 1. The second-order valence-electron chi connectivity index (χ2n) is 6.21. The quantitative estimate of drug-likeness (QED) is 0.878. The Bertz CT molecular complexity index is 830. The van der Waals surface area contributed by atoms with E-state index in [0.717, 1.165) is 24.2 Å². The largest absolute Gasteiger partial charge is 0.329 e. The minimum Gasteiger partial charge on any atom is -0.329 e. The molecule has 1 heterocycles. The minimum absolute atomic E-state index is 0.232. The van der Waals surface area contributed by atoms with Crippen LogP contribution in [0.5, 0.6) is 0 Å². The molecule has 0 unspecified atom stereocenters. The summed E-state index contributed by atoms with van der Waals surface area (Å²) in [6.45, 7) is 3.10. The Labute approximate surface area is 148 Å². The van der Waals surface area contributed by atoms with Gasteiger partial charge in [-0.2, -0.15) is 4.31 Å². The van der Waals surface area contributed by atoms with Gasteiger partial charge in [0.2, 0.25) is 10.0 Å². The smallest absolute Gasteiger partial charge is 0.236 e. The molecule has 2 aromatic rings. The Morgan fingerprint density at radius 1 is 1.04 bits per heavy atom. The first kappa shape index (κ1) is 17.8. The molecular weight excluding hydrogens is 339 g/mol. The second-order valence-corrected chi connectivity index (χ2v) is 8.03. The lowest BCUT2D eigenvalue weighted by Gasteiger charge is -2.30. The highest BCUT2D eigenvalue weighted by atomic mass is 32.2. The summed E-state index contributed by atoms with van der Waals surface area (Å²) >= 11 is 0. The summed E-state index contributed by atoms with van der Waals surface area (Å²) in [5.74, 6) is -0.232. The third-order valence-electron chi connectivity index (χ3n) is 4.36. The number of hydrogen-bond donors (Lipinski definition) is 1. The highest BCUT2D eigenvalue weighted by Crippen LogP contribution is 2.08. The van der Waals surface area contributed by atoms with Crippen molar-refractivity contribution in [3.05, 3.63) is 76.9 Å². The fourth-order valence-corrected chi connectivity index (χ4v) is 4.18. The molecule has 3 rings (SSSR count). The highest BCUT2D eigenvalue weighted by Gasteiger charge is 2.27. The fraction of sp³-hybridized carbons (Fsp3) is 0.263. The van der Waals surface area contributed by atoms with Gasteiger partial charge in [-0.3, -0.25) is 0 Å². The van der Waals surface area contributed by atoms with Crippen molar-refractivity contribution < 1.29 is 17.7 Å². The standard InChI is InChI=1S/C19H21FN2O2S/c20-19-8-4-7-18(15-19)16-21-10-12-22(13-11-21)25(23,24)14-9-17-5-2-1-3-6-17/h1-9,14-15H,10-13,16H2/p+1/b14-9+. The summed E-state index contributed by atoms with van der Waals surface area (Å²) in [6.07, 6.45) is 1.63. The average molecular weight is 361 g/mol. The van der Waals surface area contributed by atoms with Gasteiger partial charge in [-0.05, 0) is 23.8 Å². The Morgan fingerprint density at radius 3 is 2.44 bits per heavy atom. The van der Waals surface area contributed by atoms with E-state index >= 15 is 0 Å². The van der Waals surface area contributed by atoms with E-state index in [4.69, 9.17) is 0 Å². The van der Waals surface area contributed by atoms with Gasteiger partial charge in [0.15, 0.2) is 0 Å². The molecule has 1 aliphatic rings. The fourth-order valence-electron chi connectivity index (χ4n) is 2.98. The van der Waals surface area contributed by atoms with Crippen molar-refractivity contribution in [2.75, 3.05) is 26.2 Å². The molecule has 25 heavy (non-hydrogen) atoms. The van der Waals surface area contributed by atoms with E-state index in [1.165, 1.54) is 20.7 Å². The van der Waals surface area contributed by atoms with Gasteiger partial charge in [0.25, 0.3) is 0 Å². The van der Waals surface area contributed by atoms with Gasteiger partial charge in [0, 0.05) is 11.0 Å². The highest BCUT2D eigenvalue weighted by molar-refractivity contribution is 7.92. The first-order valence-electron chi connectivity index (χ1n) is 8.34. The van der Waals surface area contributed by atoms with E-state index in [0.29, 0.717) is 19.6 Å². The summed E-state index contributed by atoms with van der Waals surface area (Å²) < 4.78 is 39.7. The molecular formula is C19H22FN2O2S+. The molecule has 1 N–H and O–H groups in total. The number of nitrogens with one attached hydrogen (secondary N) is 1. The van der Waals surface area contributed by atoms with Crippen LogP contribution in [0.4, 0.5) is 4.39 Å². The molecule has 0 spiro atoms. The molecule has 0 amide bonds. The Balaban J connectivity index is 1.57. The van der Waals surface area contributed by atoms with E-state index in [-0.39, 0.29) is 5.82 Å². The number of hydrogen-bond acceptors (Lipinski definition) is 2. The molecule has 0 aliphatic carbocycles. The van der Waals surface area contributed by atoms with Crippen molar-refractivity contribution >= 4 is 16.1 Å². The zero-order valence-corrected chi connectivity index (χ0v) is 14.8. The van der Waals surface area contributed by atoms with E-state index in [1.807, 2.05) is 36.4 Å². The first-order chi connectivity index (χ1) is 12.0. The van der Waals surface area contributed by atoms with Crippen molar-refractivity contribution in [3.63, 3.8) is 0 Å². The summed E-state index contributed by atoms with van der Waals surface area (Å²) in [5, 5.41) is 1.28. The zero-order chi connectivity index (χ0) is 17.7. The van der Waals surface area contributed by atoms with Gasteiger partial charge < -0.3 is 4.90 Å². The van der Waals surface area contributed by atoms with Gasteiger partial charge >= 0.3 is 0 Å². The molecule has 1 saturated heterocycles. The number of sulfonamides is 1. The molecule has 0 atom stereocenters. The minimum atomic E-state index is -3.41. The number of benzene rings is 2. The van der Waals surface area contributed by atoms with Crippen LogP contribution in [0.25, 0.3) is 6.08 Å². The van der Waals surface area contributed by atoms with Crippen molar-refractivity contribution in [2.45, 2.75) is 6.54 Å². The molecule has 132 valence electrons. The summed E-state index contributed by atoms with van der Waals surface area (Å²) in [4.78, 5) is 1.27. The van der Waals surface area contributed by atoms with Crippen molar-refractivity contribution in [1.29, 1.82) is 0 Å². The molecule has 0 saturated carbocycles. The van der Waals surface area contributed by atoms with Crippen LogP contribution in [-0.4, -0.2) is 38.9 Å². The third kappa shape index (κ3) is 4.98. The maximum Gasteiger partial charge on any atom is 0.236 e. The Hall–Kier alpha value is -2.02. The number of nitrogens with zero attached hydrogens (tertiary/aromatic N) is 1. The van der Waals surface area contributed by atoms with Crippen molar-refractivity contribution in [2.24, 2.45) is 0 Å². The monoisotopic (exact) mass is 361 g/mol. The lowest BCUT2D eigenvalue weighted by molar-refractivity contribution is -0.917. The van der Waals surface area contributed by atoms with Crippen LogP contribution in [-0.2, 0) is 16.6 Å². The maximum atomic E-state index is 13.3. The second kappa shape index (κ2) is 7.91. The molecule has 1 fully saturated rings. The van der Waals surface area contributed by atoms with Crippen LogP contribution in [0, 0.1) is 5.82 Å². The van der Waals surface area contributed by atoms with Crippen molar-refractivity contribution in [3.8, 4) is 0 Å². The average Bonchev–Trinajstić information content (AvgIpc) is 2.62. The summed E-state index contributed by atoms with van der Waals surface area (Å²) in [6, 6.07) is 16.0. The van der Waals surface area contributed by atoms with Gasteiger partial charge in [0.05, 0.1) is 26.2 Å². The van der Waals surface area contributed by atoms with E-state index in [2.05, 4.69) is 0 Å². The molecule has 6 heteroatoms. The van der Waals surface area contributed by atoms with E-state index in [1.54, 1.807) is 18.2 Å². The lowest BCUT2D eigenvalue weighted by Crippen LogP contribution is -3.13. The predicted molar refractivity (Wildman–Crippen MR) is 96.8 cm³/mol. The van der Waals surface area contributed by atoms with Crippen molar-refractivity contribution in [1.82, 2.24) is 4.31 Å². The normalized spacial score (nSPS) is 17.2. The Morgan fingerprint density at radius 2 is 1.76 bits per heavy atom. The van der Waals surface area contributed by atoms with Crippen LogP contribution in [0.1, 0.15) is 11.1 Å². The first-order valence-corrected chi connectivity index (χ1v) is 9.84. The van der Waals surface area contributed by atoms with Gasteiger partial charge in [-0.25, -0.2) is 12.8 Å². The molecule has 0 radical (unpaired) electrons. The van der Waals surface area contributed by atoms with E-state index in [9.17, 15) is 12.8 Å². The lowest BCUT2D eigenvalue weighted by atomic mass is 10.2. The number of piperazine rings is 1. The van der Waals surface area contributed by atoms with Crippen LogP contribution >= 0.6 is 0 Å². The predicted octanol–water partition coefficient (Wildman–Crippen LogP) is 1.53. The molecule has 4 nitrogen and oxygen atoms in total. The topological polar surface area (TPSA) is 41.8 Å². The molecule has 0 bridgehead atoms. The molecule has 1 aliphatic heterocycles.